The predicted octanol–water partition coefficient (Wildman–Crippen LogP) is 5.29. The van der Waals surface area contributed by atoms with Crippen molar-refractivity contribution in [3.8, 4) is 0 Å². The van der Waals surface area contributed by atoms with Crippen LogP contribution in [0.5, 0.6) is 0 Å². The molecule has 3 heterocycles. The third-order valence-electron chi connectivity index (χ3n) is 6.67. The minimum Gasteiger partial charge on any atom is -0.351 e. The van der Waals surface area contributed by atoms with Crippen molar-refractivity contribution in [2.45, 2.75) is 30.9 Å². The van der Waals surface area contributed by atoms with Crippen LogP contribution in [-0.2, 0) is 18.0 Å². The first kappa shape index (κ1) is 26.0. The summed E-state index contributed by atoms with van der Waals surface area (Å²) in [6, 6.07) is 11.4. The molecule has 3 aromatic rings. The zero-order chi connectivity index (χ0) is 25.8. The molecule has 190 valence electrons. The third kappa shape index (κ3) is 6.02. The van der Waals surface area contributed by atoms with E-state index in [4.69, 9.17) is 11.6 Å². The van der Waals surface area contributed by atoms with Gasteiger partial charge in [-0.1, -0.05) is 29.8 Å². The number of hydrogen-bond acceptors (Lipinski definition) is 4. The largest absolute Gasteiger partial charge is 0.416 e. The van der Waals surface area contributed by atoms with Crippen LogP contribution < -0.4 is 5.32 Å². The molecule has 0 bridgehead atoms. The zero-order valence-electron chi connectivity index (χ0n) is 19.4. The van der Waals surface area contributed by atoms with Gasteiger partial charge in [0.2, 0.25) is 0 Å². The van der Waals surface area contributed by atoms with Crippen molar-refractivity contribution >= 4 is 17.5 Å². The van der Waals surface area contributed by atoms with Crippen LogP contribution in [0, 0.1) is 5.82 Å². The number of nitrogens with one attached hydrogen (secondary N) is 1. The van der Waals surface area contributed by atoms with Crippen LogP contribution in [0.2, 0.25) is 5.15 Å². The normalized spacial score (nSPS) is 16.0. The lowest BCUT2D eigenvalue weighted by molar-refractivity contribution is -0.138. The van der Waals surface area contributed by atoms with Gasteiger partial charge in [0.1, 0.15) is 11.0 Å². The number of alkyl halides is 3. The predicted molar refractivity (Wildman–Crippen MR) is 128 cm³/mol. The maximum atomic E-state index is 14.8. The Morgan fingerprint density at radius 2 is 1.81 bits per heavy atom. The molecule has 1 N–H and O–H groups in total. The monoisotopic (exact) mass is 520 g/mol. The SMILES string of the molecule is O=C(NCC1(c2ncccc2F)CCN(CCc2ccccc2C(F)(F)F)CC1)c1ccnc(Cl)c1. The van der Waals surface area contributed by atoms with Crippen molar-refractivity contribution in [1.82, 2.24) is 20.2 Å². The number of carbonyl (C=O) groups is 1. The van der Waals surface area contributed by atoms with E-state index in [0.29, 0.717) is 38.0 Å². The average molecular weight is 521 g/mol. The average Bonchev–Trinajstić information content (AvgIpc) is 2.86. The molecule has 2 aromatic heterocycles. The molecule has 10 heteroatoms. The van der Waals surface area contributed by atoms with Gasteiger partial charge in [0, 0.05) is 36.5 Å². The van der Waals surface area contributed by atoms with Crippen LogP contribution in [0.4, 0.5) is 17.6 Å². The van der Waals surface area contributed by atoms with Gasteiger partial charge in [-0.25, -0.2) is 9.37 Å². The number of hydrogen-bond donors (Lipinski definition) is 1. The number of amides is 1. The van der Waals surface area contributed by atoms with Crippen molar-refractivity contribution < 1.29 is 22.4 Å². The minimum absolute atomic E-state index is 0.157. The molecule has 1 fully saturated rings. The molecule has 0 radical (unpaired) electrons. The number of pyridine rings is 2. The first-order valence-electron chi connectivity index (χ1n) is 11.6. The number of aromatic nitrogens is 2. The molecule has 1 amide bonds. The Morgan fingerprint density at radius 1 is 1.06 bits per heavy atom. The Kier molecular flexibility index (Phi) is 7.90. The fourth-order valence-electron chi connectivity index (χ4n) is 4.67. The lowest BCUT2D eigenvalue weighted by Crippen LogP contribution is -2.50. The summed E-state index contributed by atoms with van der Waals surface area (Å²) in [5.41, 5.74) is -0.502. The summed E-state index contributed by atoms with van der Waals surface area (Å²) >= 11 is 5.89. The van der Waals surface area contributed by atoms with Crippen molar-refractivity contribution in [2.24, 2.45) is 0 Å². The van der Waals surface area contributed by atoms with Crippen LogP contribution in [-0.4, -0.2) is 47.0 Å². The molecule has 1 aliphatic heterocycles. The molecule has 4 rings (SSSR count). The quantitative estimate of drug-likeness (QED) is 0.339. The summed E-state index contributed by atoms with van der Waals surface area (Å²) in [6.07, 6.45) is -0.230. The molecule has 36 heavy (non-hydrogen) atoms. The van der Waals surface area contributed by atoms with E-state index in [9.17, 15) is 22.4 Å². The van der Waals surface area contributed by atoms with E-state index in [1.165, 1.54) is 48.8 Å². The topological polar surface area (TPSA) is 58.1 Å². The molecular formula is C26H25ClF4N4O. The van der Waals surface area contributed by atoms with Crippen LogP contribution in [0.1, 0.15) is 40.0 Å². The van der Waals surface area contributed by atoms with Gasteiger partial charge in [-0.2, -0.15) is 13.2 Å². The minimum atomic E-state index is -4.40. The van der Waals surface area contributed by atoms with Crippen molar-refractivity contribution in [3.63, 3.8) is 0 Å². The number of nitrogens with zero attached hydrogens (tertiary/aromatic N) is 3. The van der Waals surface area contributed by atoms with Gasteiger partial charge in [0.25, 0.3) is 5.91 Å². The maximum Gasteiger partial charge on any atom is 0.416 e. The van der Waals surface area contributed by atoms with E-state index in [1.807, 2.05) is 0 Å². The molecule has 0 saturated carbocycles. The number of benzene rings is 1. The summed E-state index contributed by atoms with van der Waals surface area (Å²) in [7, 11) is 0. The maximum absolute atomic E-state index is 14.8. The molecule has 0 unspecified atom stereocenters. The first-order valence-corrected chi connectivity index (χ1v) is 11.9. The number of likely N-dealkylation sites (tertiary alicyclic amines) is 1. The first-order chi connectivity index (χ1) is 17.2. The van der Waals surface area contributed by atoms with Crippen LogP contribution in [0.3, 0.4) is 0 Å². The van der Waals surface area contributed by atoms with Gasteiger partial charge in [-0.3, -0.25) is 9.78 Å². The Morgan fingerprint density at radius 3 is 2.50 bits per heavy atom. The number of rotatable bonds is 7. The summed E-state index contributed by atoms with van der Waals surface area (Å²) in [6.45, 7) is 1.66. The highest BCUT2D eigenvalue weighted by molar-refractivity contribution is 6.29. The molecule has 1 aliphatic rings. The summed E-state index contributed by atoms with van der Waals surface area (Å²) in [5.74, 6) is -0.813. The Hall–Kier alpha value is -3.04. The Bertz CT molecular complexity index is 1210. The zero-order valence-corrected chi connectivity index (χ0v) is 20.1. The van der Waals surface area contributed by atoms with Crippen LogP contribution >= 0.6 is 11.6 Å². The Labute approximate surface area is 211 Å². The number of piperidine rings is 1. The highest BCUT2D eigenvalue weighted by Crippen LogP contribution is 2.36. The molecule has 5 nitrogen and oxygen atoms in total. The number of carbonyl (C=O) groups excluding carboxylic acids is 1. The molecule has 1 aromatic carbocycles. The van der Waals surface area contributed by atoms with E-state index in [1.54, 1.807) is 6.07 Å². The third-order valence-corrected chi connectivity index (χ3v) is 6.88. The lowest BCUT2D eigenvalue weighted by atomic mass is 9.74. The van der Waals surface area contributed by atoms with Gasteiger partial charge < -0.3 is 10.2 Å². The number of halogens is 5. The van der Waals surface area contributed by atoms with Crippen molar-refractivity contribution in [3.05, 3.63) is 94.3 Å². The Balaban J connectivity index is 1.46. The van der Waals surface area contributed by atoms with E-state index in [-0.39, 0.29) is 35.3 Å². The molecule has 0 aliphatic carbocycles. The smallest absolute Gasteiger partial charge is 0.351 e. The second kappa shape index (κ2) is 10.9. The lowest BCUT2D eigenvalue weighted by Gasteiger charge is -2.41. The van der Waals surface area contributed by atoms with Gasteiger partial charge in [-0.05, 0) is 68.2 Å². The fourth-order valence-corrected chi connectivity index (χ4v) is 4.84. The van der Waals surface area contributed by atoms with Crippen molar-refractivity contribution in [1.29, 1.82) is 0 Å². The molecular weight excluding hydrogens is 496 g/mol. The summed E-state index contributed by atoms with van der Waals surface area (Å²) in [5, 5.41) is 3.07. The van der Waals surface area contributed by atoms with Crippen LogP contribution in [0.15, 0.2) is 60.9 Å². The second-order valence-electron chi connectivity index (χ2n) is 8.91. The van der Waals surface area contributed by atoms with Gasteiger partial charge in [-0.15, -0.1) is 0 Å². The van der Waals surface area contributed by atoms with E-state index in [2.05, 4.69) is 20.2 Å². The molecule has 1 saturated heterocycles. The van der Waals surface area contributed by atoms with Gasteiger partial charge >= 0.3 is 6.18 Å². The van der Waals surface area contributed by atoms with Crippen molar-refractivity contribution in [2.75, 3.05) is 26.2 Å². The second-order valence-corrected chi connectivity index (χ2v) is 9.30. The van der Waals surface area contributed by atoms with E-state index >= 15 is 0 Å². The highest BCUT2D eigenvalue weighted by atomic mass is 35.5. The van der Waals surface area contributed by atoms with Gasteiger partial charge in [0.15, 0.2) is 0 Å². The fraction of sp³-hybridized carbons (Fsp3) is 0.346. The van der Waals surface area contributed by atoms with E-state index < -0.39 is 23.0 Å². The standard InChI is InChI=1S/C26H25ClF4N4O/c27-22-16-19(7-12-32-22)24(36)34-17-25(23-21(28)6-3-11-33-23)9-14-35(15-10-25)13-8-18-4-1-2-5-20(18)26(29,30)31/h1-7,11-12,16H,8-10,13-15,17H2,(H,34,36). The summed E-state index contributed by atoms with van der Waals surface area (Å²) in [4.78, 5) is 23.0. The van der Waals surface area contributed by atoms with Crippen LogP contribution in [0.25, 0.3) is 0 Å². The summed E-state index contributed by atoms with van der Waals surface area (Å²) < 4.78 is 54.8. The molecule has 0 atom stereocenters. The van der Waals surface area contributed by atoms with Gasteiger partial charge in [0.05, 0.1) is 11.3 Å². The van der Waals surface area contributed by atoms with E-state index in [0.717, 1.165) is 6.07 Å². The molecule has 0 spiro atoms. The highest BCUT2D eigenvalue weighted by Gasteiger charge is 2.40.